The number of carbonyl (C=O) groups excluding carboxylic acids is 1. The molecule has 0 aliphatic carbocycles. The molecule has 20 heavy (non-hydrogen) atoms. The Bertz CT molecular complexity index is 406. The van der Waals surface area contributed by atoms with E-state index in [1.807, 2.05) is 24.3 Å². The van der Waals surface area contributed by atoms with Gasteiger partial charge in [-0.1, -0.05) is 26.0 Å². The number of likely N-dealkylation sites (N-methyl/N-ethyl adjacent to an activating group) is 1. The fourth-order valence-electron chi connectivity index (χ4n) is 1.92. The van der Waals surface area contributed by atoms with Crippen molar-refractivity contribution in [1.82, 2.24) is 10.2 Å². The van der Waals surface area contributed by atoms with E-state index in [2.05, 4.69) is 29.4 Å². The standard InChI is InChI=1S/C15H25N3O2/c1-4-18(5-2)11-10-16-12-15(19)17-13-8-6-7-9-14(13)20-3/h6-9,16H,4-5,10-12H2,1-3H3,(H,17,19). The van der Waals surface area contributed by atoms with Crippen LogP contribution in [0.4, 0.5) is 5.69 Å². The summed E-state index contributed by atoms with van der Waals surface area (Å²) >= 11 is 0. The van der Waals surface area contributed by atoms with E-state index >= 15 is 0 Å². The molecule has 0 aliphatic heterocycles. The van der Waals surface area contributed by atoms with Crippen LogP contribution in [0, 0.1) is 0 Å². The van der Waals surface area contributed by atoms with Gasteiger partial charge in [-0.15, -0.1) is 0 Å². The van der Waals surface area contributed by atoms with Crippen molar-refractivity contribution in [3.05, 3.63) is 24.3 Å². The van der Waals surface area contributed by atoms with Gasteiger partial charge >= 0.3 is 0 Å². The molecule has 5 heteroatoms. The number of ether oxygens (including phenoxy) is 1. The van der Waals surface area contributed by atoms with Crippen molar-refractivity contribution < 1.29 is 9.53 Å². The second-order valence-electron chi connectivity index (χ2n) is 4.45. The van der Waals surface area contributed by atoms with Gasteiger partial charge in [0.15, 0.2) is 0 Å². The number of hydrogen-bond donors (Lipinski definition) is 2. The number of hydrogen-bond acceptors (Lipinski definition) is 4. The molecular weight excluding hydrogens is 254 g/mol. The Morgan fingerprint density at radius 1 is 1.25 bits per heavy atom. The molecule has 1 amide bonds. The molecule has 0 saturated carbocycles. The van der Waals surface area contributed by atoms with Gasteiger partial charge in [0, 0.05) is 13.1 Å². The van der Waals surface area contributed by atoms with E-state index < -0.39 is 0 Å². The molecule has 0 atom stereocenters. The zero-order chi connectivity index (χ0) is 14.8. The molecule has 1 rings (SSSR count). The van der Waals surface area contributed by atoms with Crippen molar-refractivity contribution in [1.29, 1.82) is 0 Å². The number of benzene rings is 1. The number of nitrogens with one attached hydrogen (secondary N) is 2. The van der Waals surface area contributed by atoms with Gasteiger partial charge in [-0.3, -0.25) is 4.79 Å². The van der Waals surface area contributed by atoms with Crippen LogP contribution in [-0.4, -0.2) is 50.6 Å². The summed E-state index contributed by atoms with van der Waals surface area (Å²) in [6, 6.07) is 7.39. The molecule has 2 N–H and O–H groups in total. The fraction of sp³-hybridized carbons (Fsp3) is 0.533. The zero-order valence-electron chi connectivity index (χ0n) is 12.6. The number of methoxy groups -OCH3 is 1. The number of rotatable bonds is 9. The van der Waals surface area contributed by atoms with E-state index in [1.54, 1.807) is 7.11 Å². The van der Waals surface area contributed by atoms with Gasteiger partial charge in [-0.2, -0.15) is 0 Å². The summed E-state index contributed by atoms with van der Waals surface area (Å²) in [5, 5.41) is 5.98. The maximum Gasteiger partial charge on any atom is 0.238 e. The highest BCUT2D eigenvalue weighted by atomic mass is 16.5. The molecule has 0 radical (unpaired) electrons. The summed E-state index contributed by atoms with van der Waals surface area (Å²) in [5.41, 5.74) is 0.700. The van der Waals surface area contributed by atoms with Crippen molar-refractivity contribution in [2.45, 2.75) is 13.8 Å². The molecule has 0 unspecified atom stereocenters. The Morgan fingerprint density at radius 3 is 2.60 bits per heavy atom. The van der Waals surface area contributed by atoms with Gasteiger partial charge in [0.05, 0.1) is 19.3 Å². The first-order valence-electron chi connectivity index (χ1n) is 7.07. The van der Waals surface area contributed by atoms with Crippen LogP contribution in [0.15, 0.2) is 24.3 Å². The van der Waals surface area contributed by atoms with E-state index in [4.69, 9.17) is 4.74 Å². The summed E-state index contributed by atoms with van der Waals surface area (Å²) < 4.78 is 5.19. The van der Waals surface area contributed by atoms with Crippen molar-refractivity contribution in [2.75, 3.05) is 45.2 Å². The molecule has 112 valence electrons. The summed E-state index contributed by atoms with van der Waals surface area (Å²) in [6.45, 7) is 8.40. The van der Waals surface area contributed by atoms with E-state index in [0.29, 0.717) is 18.0 Å². The average Bonchev–Trinajstić information content (AvgIpc) is 2.48. The van der Waals surface area contributed by atoms with Crippen LogP contribution in [0.5, 0.6) is 5.75 Å². The molecule has 5 nitrogen and oxygen atoms in total. The Kier molecular flexibility index (Phi) is 7.69. The van der Waals surface area contributed by atoms with E-state index in [-0.39, 0.29) is 5.91 Å². The van der Waals surface area contributed by atoms with Crippen molar-refractivity contribution in [2.24, 2.45) is 0 Å². The van der Waals surface area contributed by atoms with Gasteiger partial charge in [0.2, 0.25) is 5.91 Å². The van der Waals surface area contributed by atoms with Crippen LogP contribution in [0.1, 0.15) is 13.8 Å². The lowest BCUT2D eigenvalue weighted by atomic mass is 10.3. The molecular formula is C15H25N3O2. The van der Waals surface area contributed by atoms with Crippen LogP contribution in [0.2, 0.25) is 0 Å². The minimum Gasteiger partial charge on any atom is -0.495 e. The lowest BCUT2D eigenvalue weighted by molar-refractivity contribution is -0.115. The third kappa shape index (κ3) is 5.59. The normalized spacial score (nSPS) is 10.6. The summed E-state index contributed by atoms with van der Waals surface area (Å²) in [6.07, 6.45) is 0. The van der Waals surface area contributed by atoms with Crippen LogP contribution in [0.25, 0.3) is 0 Å². The Balaban J connectivity index is 2.30. The maximum absolute atomic E-state index is 11.8. The number of carbonyl (C=O) groups is 1. The molecule has 1 aromatic carbocycles. The molecule has 0 aliphatic rings. The number of amides is 1. The highest BCUT2D eigenvalue weighted by molar-refractivity contribution is 5.93. The predicted molar refractivity (Wildman–Crippen MR) is 82.3 cm³/mol. The first-order chi connectivity index (χ1) is 9.71. The van der Waals surface area contributed by atoms with Gasteiger partial charge in [0.25, 0.3) is 0 Å². The SMILES string of the molecule is CCN(CC)CCNCC(=O)Nc1ccccc1OC. The number of para-hydroxylation sites is 2. The quantitative estimate of drug-likeness (QED) is 0.674. The number of nitrogens with zero attached hydrogens (tertiary/aromatic N) is 1. The first-order valence-corrected chi connectivity index (χ1v) is 7.07. The highest BCUT2D eigenvalue weighted by Gasteiger charge is 2.06. The summed E-state index contributed by atoms with van der Waals surface area (Å²) in [7, 11) is 1.59. The third-order valence-corrected chi connectivity index (χ3v) is 3.17. The van der Waals surface area contributed by atoms with Gasteiger partial charge in [-0.25, -0.2) is 0 Å². The molecule has 0 spiro atoms. The minimum atomic E-state index is -0.0611. The largest absolute Gasteiger partial charge is 0.495 e. The lowest BCUT2D eigenvalue weighted by Gasteiger charge is -2.18. The van der Waals surface area contributed by atoms with Crippen molar-refractivity contribution in [3.8, 4) is 5.75 Å². The second-order valence-corrected chi connectivity index (χ2v) is 4.45. The Morgan fingerprint density at radius 2 is 1.95 bits per heavy atom. The lowest BCUT2D eigenvalue weighted by Crippen LogP contribution is -2.35. The van der Waals surface area contributed by atoms with E-state index in [9.17, 15) is 4.79 Å². The average molecular weight is 279 g/mol. The topological polar surface area (TPSA) is 53.6 Å². The fourth-order valence-corrected chi connectivity index (χ4v) is 1.92. The molecule has 0 aromatic heterocycles. The van der Waals surface area contributed by atoms with E-state index in [1.165, 1.54) is 0 Å². The minimum absolute atomic E-state index is 0.0611. The van der Waals surface area contributed by atoms with Crippen molar-refractivity contribution >= 4 is 11.6 Å². The summed E-state index contributed by atoms with van der Waals surface area (Å²) in [5.74, 6) is 0.609. The van der Waals surface area contributed by atoms with Gasteiger partial charge < -0.3 is 20.3 Å². The Labute approximate surface area is 121 Å². The number of anilines is 1. The monoisotopic (exact) mass is 279 g/mol. The van der Waals surface area contributed by atoms with Crippen LogP contribution < -0.4 is 15.4 Å². The Hall–Kier alpha value is -1.59. The zero-order valence-corrected chi connectivity index (χ0v) is 12.6. The molecule has 0 saturated heterocycles. The predicted octanol–water partition coefficient (Wildman–Crippen LogP) is 1.57. The van der Waals surface area contributed by atoms with Gasteiger partial charge in [-0.05, 0) is 25.2 Å². The van der Waals surface area contributed by atoms with Gasteiger partial charge in [0.1, 0.15) is 5.75 Å². The van der Waals surface area contributed by atoms with Crippen LogP contribution in [-0.2, 0) is 4.79 Å². The van der Waals surface area contributed by atoms with E-state index in [0.717, 1.165) is 26.2 Å². The highest BCUT2D eigenvalue weighted by Crippen LogP contribution is 2.22. The van der Waals surface area contributed by atoms with Crippen molar-refractivity contribution in [3.63, 3.8) is 0 Å². The molecule has 0 heterocycles. The third-order valence-electron chi connectivity index (χ3n) is 3.17. The maximum atomic E-state index is 11.8. The molecule has 0 fully saturated rings. The van der Waals surface area contributed by atoms with Crippen LogP contribution >= 0.6 is 0 Å². The summed E-state index contributed by atoms with van der Waals surface area (Å²) in [4.78, 5) is 14.1. The van der Waals surface area contributed by atoms with Crippen LogP contribution in [0.3, 0.4) is 0 Å². The molecule has 0 bridgehead atoms. The second kappa shape index (κ2) is 9.34. The molecule has 1 aromatic rings. The first kappa shape index (κ1) is 16.5. The smallest absolute Gasteiger partial charge is 0.238 e.